The number of fused-ring (bicyclic) bond motifs is 1. The average Bonchev–Trinajstić information content (AvgIpc) is 2.91. The number of amides is 1. The number of benzene rings is 1. The largest absolute Gasteiger partial charge is 0.472 e. The maximum Gasteiger partial charge on any atom is 0.224 e. The molecule has 0 bridgehead atoms. The fourth-order valence-electron chi connectivity index (χ4n) is 2.13. The summed E-state index contributed by atoms with van der Waals surface area (Å²) in [7, 11) is 0. The van der Waals surface area contributed by atoms with Crippen LogP contribution < -0.4 is 5.32 Å². The van der Waals surface area contributed by atoms with Gasteiger partial charge in [0.2, 0.25) is 5.91 Å². The van der Waals surface area contributed by atoms with E-state index in [1.807, 2.05) is 0 Å². The molecule has 3 rings (SSSR count). The van der Waals surface area contributed by atoms with Crippen LogP contribution in [-0.4, -0.2) is 11.7 Å². The Labute approximate surface area is 108 Å². The molecule has 4 nitrogen and oxygen atoms in total. The molecule has 1 aromatic carbocycles. The van der Waals surface area contributed by atoms with E-state index in [1.165, 1.54) is 30.7 Å². The molecule has 1 aliphatic heterocycles. The van der Waals surface area contributed by atoms with Gasteiger partial charge in [-0.15, -0.1) is 0 Å². The second-order valence-corrected chi connectivity index (χ2v) is 4.38. The van der Waals surface area contributed by atoms with Crippen molar-refractivity contribution in [2.24, 2.45) is 0 Å². The van der Waals surface area contributed by atoms with E-state index in [0.29, 0.717) is 24.1 Å². The molecular weight excluding hydrogens is 249 g/mol. The number of carbonyl (C=O) groups excluding carboxylic acids is 2. The molecule has 1 amide bonds. The van der Waals surface area contributed by atoms with E-state index in [9.17, 15) is 14.0 Å². The molecule has 96 valence electrons. The van der Waals surface area contributed by atoms with Gasteiger partial charge in [-0.1, -0.05) is 0 Å². The molecule has 1 N–H and O–H groups in total. The Hall–Kier alpha value is -2.43. The number of nitrogens with one attached hydrogen (secondary N) is 1. The lowest BCUT2D eigenvalue weighted by Crippen LogP contribution is -2.20. The highest BCUT2D eigenvalue weighted by molar-refractivity contribution is 6.09. The van der Waals surface area contributed by atoms with E-state index in [2.05, 4.69) is 5.32 Å². The lowest BCUT2D eigenvalue weighted by molar-refractivity contribution is -0.116. The Kier molecular flexibility index (Phi) is 2.67. The van der Waals surface area contributed by atoms with Gasteiger partial charge in [-0.25, -0.2) is 4.39 Å². The summed E-state index contributed by atoms with van der Waals surface area (Å²) in [5.41, 5.74) is 1.51. The highest BCUT2D eigenvalue weighted by Crippen LogP contribution is 2.27. The van der Waals surface area contributed by atoms with Crippen LogP contribution >= 0.6 is 0 Å². The van der Waals surface area contributed by atoms with Crippen LogP contribution in [0.2, 0.25) is 0 Å². The predicted molar refractivity (Wildman–Crippen MR) is 65.5 cm³/mol. The van der Waals surface area contributed by atoms with Crippen molar-refractivity contribution < 1.29 is 18.4 Å². The predicted octanol–water partition coefficient (Wildman–Crippen LogP) is 2.53. The highest BCUT2D eigenvalue weighted by Gasteiger charge is 2.21. The van der Waals surface area contributed by atoms with Crippen molar-refractivity contribution in [3.8, 4) is 0 Å². The third-order valence-corrected chi connectivity index (χ3v) is 3.12. The summed E-state index contributed by atoms with van der Waals surface area (Å²) < 4.78 is 18.8. The van der Waals surface area contributed by atoms with Crippen LogP contribution in [0.4, 0.5) is 10.1 Å². The van der Waals surface area contributed by atoms with Crippen molar-refractivity contribution in [3.05, 3.63) is 53.2 Å². The van der Waals surface area contributed by atoms with Gasteiger partial charge < -0.3 is 9.73 Å². The second kappa shape index (κ2) is 4.35. The number of aryl methyl sites for hydroxylation is 1. The fraction of sp³-hybridized carbons (Fsp3) is 0.143. The van der Waals surface area contributed by atoms with Crippen molar-refractivity contribution in [1.82, 2.24) is 0 Å². The Balaban J connectivity index is 2.04. The first-order valence-corrected chi connectivity index (χ1v) is 5.84. The summed E-state index contributed by atoms with van der Waals surface area (Å²) in [5.74, 6) is -1.21. The smallest absolute Gasteiger partial charge is 0.224 e. The number of hydrogen-bond donors (Lipinski definition) is 1. The van der Waals surface area contributed by atoms with Gasteiger partial charge in [0.15, 0.2) is 5.78 Å². The van der Waals surface area contributed by atoms with Gasteiger partial charge in [0.05, 0.1) is 17.4 Å². The first kappa shape index (κ1) is 11.6. The molecule has 1 aromatic heterocycles. The minimum absolute atomic E-state index is 0.00343. The quantitative estimate of drug-likeness (QED) is 0.843. The van der Waals surface area contributed by atoms with E-state index in [4.69, 9.17) is 4.42 Å². The number of ketones is 1. The van der Waals surface area contributed by atoms with Gasteiger partial charge in [0.25, 0.3) is 0 Å². The van der Waals surface area contributed by atoms with Crippen molar-refractivity contribution in [3.63, 3.8) is 0 Å². The van der Waals surface area contributed by atoms with Crippen LogP contribution in [0.5, 0.6) is 0 Å². The SMILES string of the molecule is O=C1CCc2cc(C(=O)c3ccoc3)c(F)cc2N1. The number of halogens is 1. The van der Waals surface area contributed by atoms with Crippen LogP contribution in [-0.2, 0) is 11.2 Å². The van der Waals surface area contributed by atoms with Crippen LogP contribution in [0, 0.1) is 5.82 Å². The van der Waals surface area contributed by atoms with Crippen molar-refractivity contribution >= 4 is 17.4 Å². The third kappa shape index (κ3) is 2.03. The van der Waals surface area contributed by atoms with Gasteiger partial charge in [-0.2, -0.15) is 0 Å². The van der Waals surface area contributed by atoms with Crippen molar-refractivity contribution in [1.29, 1.82) is 0 Å². The fourth-order valence-corrected chi connectivity index (χ4v) is 2.13. The Morgan fingerprint density at radius 2 is 2.16 bits per heavy atom. The first-order valence-electron chi connectivity index (χ1n) is 5.84. The molecular formula is C14H10FNO3. The maximum atomic E-state index is 13.9. The summed E-state index contributed by atoms with van der Waals surface area (Å²) in [5, 5.41) is 2.59. The summed E-state index contributed by atoms with van der Waals surface area (Å²) in [6.07, 6.45) is 3.50. The van der Waals surface area contributed by atoms with Gasteiger partial charge >= 0.3 is 0 Å². The van der Waals surface area contributed by atoms with Crippen LogP contribution in [0.25, 0.3) is 0 Å². The number of rotatable bonds is 2. The zero-order valence-electron chi connectivity index (χ0n) is 9.90. The molecule has 2 heterocycles. The molecule has 0 saturated carbocycles. The maximum absolute atomic E-state index is 13.9. The molecule has 2 aromatic rings. The first-order chi connectivity index (χ1) is 9.15. The zero-order chi connectivity index (χ0) is 13.4. The number of anilines is 1. The highest BCUT2D eigenvalue weighted by atomic mass is 19.1. The molecule has 0 fully saturated rings. The summed E-state index contributed by atoms with van der Waals surface area (Å²) >= 11 is 0. The van der Waals surface area contributed by atoms with Gasteiger partial charge in [0.1, 0.15) is 12.1 Å². The normalized spacial score (nSPS) is 13.8. The van der Waals surface area contributed by atoms with E-state index < -0.39 is 11.6 Å². The Morgan fingerprint density at radius 1 is 1.32 bits per heavy atom. The van der Waals surface area contributed by atoms with Crippen LogP contribution in [0.3, 0.4) is 0 Å². The monoisotopic (exact) mass is 259 g/mol. The molecule has 0 atom stereocenters. The third-order valence-electron chi connectivity index (χ3n) is 3.12. The average molecular weight is 259 g/mol. The van der Waals surface area contributed by atoms with Gasteiger partial charge in [-0.05, 0) is 30.2 Å². The molecule has 0 radical (unpaired) electrons. The number of hydrogen-bond acceptors (Lipinski definition) is 3. The molecule has 0 spiro atoms. The molecule has 1 aliphatic rings. The minimum atomic E-state index is -0.646. The Morgan fingerprint density at radius 3 is 2.89 bits per heavy atom. The van der Waals surface area contributed by atoms with Crippen LogP contribution in [0.15, 0.2) is 35.1 Å². The van der Waals surface area contributed by atoms with E-state index in [-0.39, 0.29) is 11.5 Å². The summed E-state index contributed by atoms with van der Waals surface area (Å²) in [6.45, 7) is 0. The van der Waals surface area contributed by atoms with Crippen molar-refractivity contribution in [2.45, 2.75) is 12.8 Å². The zero-order valence-corrected chi connectivity index (χ0v) is 9.90. The van der Waals surface area contributed by atoms with Gasteiger partial charge in [-0.3, -0.25) is 9.59 Å². The molecule has 5 heteroatoms. The number of furan rings is 1. The standard InChI is InChI=1S/C14H10FNO3/c15-11-6-12-8(1-2-13(17)16-12)5-10(11)14(18)9-3-4-19-7-9/h3-7H,1-2H2,(H,16,17). The topological polar surface area (TPSA) is 59.3 Å². The lowest BCUT2D eigenvalue weighted by atomic mass is 9.96. The number of carbonyl (C=O) groups is 2. The van der Waals surface area contributed by atoms with Crippen LogP contribution in [0.1, 0.15) is 27.9 Å². The summed E-state index contributed by atoms with van der Waals surface area (Å²) in [4.78, 5) is 23.3. The minimum Gasteiger partial charge on any atom is -0.472 e. The summed E-state index contributed by atoms with van der Waals surface area (Å²) in [6, 6.07) is 4.18. The van der Waals surface area contributed by atoms with Gasteiger partial charge in [0, 0.05) is 12.1 Å². The lowest BCUT2D eigenvalue weighted by Gasteiger charge is -2.17. The molecule has 0 saturated heterocycles. The Bertz CT molecular complexity index is 662. The molecule has 0 aliphatic carbocycles. The van der Waals surface area contributed by atoms with E-state index in [0.717, 1.165) is 5.56 Å². The van der Waals surface area contributed by atoms with Crippen molar-refractivity contribution in [2.75, 3.05) is 5.32 Å². The van der Waals surface area contributed by atoms with E-state index in [1.54, 1.807) is 0 Å². The second-order valence-electron chi connectivity index (χ2n) is 4.38. The molecule has 0 unspecified atom stereocenters. The molecule has 19 heavy (non-hydrogen) atoms. The van der Waals surface area contributed by atoms with E-state index >= 15 is 0 Å².